The van der Waals surface area contributed by atoms with Crippen LogP contribution in [0.3, 0.4) is 0 Å². The number of ether oxygens (including phenoxy) is 3. The number of methoxy groups -OCH3 is 1. The Balaban J connectivity index is 1.66. The highest BCUT2D eigenvalue weighted by atomic mass is 31.2. The summed E-state index contributed by atoms with van der Waals surface area (Å²) in [6.45, 7) is 9.22. The number of aromatic nitrogens is 3. The van der Waals surface area contributed by atoms with Gasteiger partial charge in [-0.15, -0.1) is 0 Å². The van der Waals surface area contributed by atoms with Crippen LogP contribution < -0.4 is 40.4 Å². The molecule has 3 N–H and O–H groups in total. The Bertz CT molecular complexity index is 1510. The van der Waals surface area contributed by atoms with E-state index in [0.717, 1.165) is 12.2 Å². The Kier molecular flexibility index (Phi) is 9.54. The van der Waals surface area contributed by atoms with Crippen LogP contribution >= 0.6 is 7.14 Å². The van der Waals surface area contributed by atoms with Gasteiger partial charge in [-0.3, -0.25) is 4.79 Å². The second kappa shape index (κ2) is 13.1. The molecule has 224 valence electrons. The summed E-state index contributed by atoms with van der Waals surface area (Å²) >= 11 is 0. The summed E-state index contributed by atoms with van der Waals surface area (Å²) in [6, 6.07) is 7.11. The monoisotopic (exact) mass is 596 g/mol. The quantitative estimate of drug-likeness (QED) is 0.208. The van der Waals surface area contributed by atoms with Crippen molar-refractivity contribution in [3.63, 3.8) is 0 Å². The molecule has 1 aromatic heterocycles. The molecule has 0 aliphatic carbocycles. The van der Waals surface area contributed by atoms with Crippen LogP contribution in [-0.4, -0.2) is 93.6 Å². The molecule has 0 saturated carbocycles. The zero-order valence-corrected chi connectivity index (χ0v) is 25.6. The Morgan fingerprint density at radius 2 is 1.74 bits per heavy atom. The third-order valence-corrected chi connectivity index (χ3v) is 7.86. The van der Waals surface area contributed by atoms with E-state index in [0.29, 0.717) is 59.4 Å². The first-order valence-electron chi connectivity index (χ1n) is 13.2. The molecule has 2 aromatic carbocycles. The smallest absolute Gasteiger partial charge is 0.247 e. The van der Waals surface area contributed by atoms with Crippen molar-refractivity contribution in [2.24, 2.45) is 0 Å². The lowest BCUT2D eigenvalue weighted by Gasteiger charge is -2.26. The van der Waals surface area contributed by atoms with Gasteiger partial charge >= 0.3 is 0 Å². The summed E-state index contributed by atoms with van der Waals surface area (Å²) in [4.78, 5) is 29.4. The molecular formula is C28H37N8O5P. The topological polar surface area (TPSA) is 143 Å². The van der Waals surface area contributed by atoms with E-state index < -0.39 is 7.14 Å². The minimum absolute atomic E-state index is 0.218. The van der Waals surface area contributed by atoms with Crippen LogP contribution in [0.15, 0.2) is 43.2 Å². The van der Waals surface area contributed by atoms with Gasteiger partial charge in [0, 0.05) is 26.2 Å². The largest absolute Gasteiger partial charge is 0.494 e. The SMILES string of the molecule is C=CC(=O)Nc1cc(Nc2ncnc(Nc3ccc4c(c3P(C)(C)=O)OCCO4)n2)c(OC)cc1N(C)CCN(C)C. The molecule has 1 aliphatic rings. The molecule has 1 aliphatic heterocycles. The minimum atomic E-state index is -2.79. The summed E-state index contributed by atoms with van der Waals surface area (Å²) in [5, 5.41) is 9.71. The first-order chi connectivity index (χ1) is 20.0. The van der Waals surface area contributed by atoms with Crippen LogP contribution in [0.2, 0.25) is 0 Å². The molecular weight excluding hydrogens is 559 g/mol. The average Bonchev–Trinajstić information content (AvgIpc) is 2.95. The Hall–Kier alpha value is -4.35. The number of likely N-dealkylation sites (N-methyl/N-ethyl adjacent to an activating group) is 2. The van der Waals surface area contributed by atoms with Crippen LogP contribution in [0, 0.1) is 0 Å². The summed E-state index contributed by atoms with van der Waals surface area (Å²) in [5.41, 5.74) is 2.38. The fraction of sp³-hybridized carbons (Fsp3) is 0.357. The molecule has 0 saturated heterocycles. The van der Waals surface area contributed by atoms with Crippen molar-refractivity contribution in [1.29, 1.82) is 0 Å². The summed E-state index contributed by atoms with van der Waals surface area (Å²) in [7, 11) is 4.70. The standard InChI is InChI=1S/C28H37N8O5P/c1-8-24(37)31-19-15-20(23(39-5)16-21(19)36(4)12-11-35(2)3)33-28-30-17-29-27(34-28)32-18-9-10-22-25(41-14-13-40-22)26(18)42(6,7)38/h8-10,15-17H,1,11-14H2,2-7H3,(H,31,37)(H2,29,30,32,33,34). The van der Waals surface area contributed by atoms with Gasteiger partial charge in [-0.2, -0.15) is 4.98 Å². The third-order valence-electron chi connectivity index (χ3n) is 6.34. The molecule has 3 aromatic rings. The summed E-state index contributed by atoms with van der Waals surface area (Å²) in [6.07, 6.45) is 2.56. The maximum atomic E-state index is 13.3. The number of rotatable bonds is 12. The van der Waals surface area contributed by atoms with Crippen LogP contribution in [0.5, 0.6) is 17.2 Å². The fourth-order valence-corrected chi connectivity index (χ4v) is 5.67. The summed E-state index contributed by atoms with van der Waals surface area (Å²) < 4.78 is 30.5. The van der Waals surface area contributed by atoms with Gasteiger partial charge in [0.1, 0.15) is 32.4 Å². The van der Waals surface area contributed by atoms with Gasteiger partial charge < -0.3 is 44.5 Å². The molecule has 0 unspecified atom stereocenters. The van der Waals surface area contributed by atoms with E-state index in [1.165, 1.54) is 12.4 Å². The van der Waals surface area contributed by atoms with E-state index in [2.05, 4.69) is 42.4 Å². The zero-order valence-electron chi connectivity index (χ0n) is 24.7. The van der Waals surface area contributed by atoms with Crippen molar-refractivity contribution in [2.75, 3.05) is 88.7 Å². The lowest BCUT2D eigenvalue weighted by atomic mass is 10.2. The molecule has 0 bridgehead atoms. The lowest BCUT2D eigenvalue weighted by Crippen LogP contribution is -2.29. The van der Waals surface area contributed by atoms with Crippen molar-refractivity contribution >= 4 is 53.0 Å². The number of carbonyl (C=O) groups excluding carboxylic acids is 1. The number of nitrogens with one attached hydrogen (secondary N) is 3. The average molecular weight is 597 g/mol. The molecule has 4 rings (SSSR count). The molecule has 0 radical (unpaired) electrons. The van der Waals surface area contributed by atoms with E-state index in [4.69, 9.17) is 14.2 Å². The Labute approximate surface area is 245 Å². The van der Waals surface area contributed by atoms with E-state index >= 15 is 0 Å². The van der Waals surface area contributed by atoms with Crippen LogP contribution in [0.1, 0.15) is 0 Å². The molecule has 14 heteroatoms. The van der Waals surface area contributed by atoms with E-state index in [1.807, 2.05) is 32.1 Å². The number of carbonyl (C=O) groups is 1. The van der Waals surface area contributed by atoms with Gasteiger partial charge in [-0.1, -0.05) is 6.58 Å². The minimum Gasteiger partial charge on any atom is -0.494 e. The van der Waals surface area contributed by atoms with Gasteiger partial charge in [0.2, 0.25) is 17.8 Å². The second-order valence-electron chi connectivity index (χ2n) is 10.2. The number of hydrogen-bond donors (Lipinski definition) is 3. The van der Waals surface area contributed by atoms with Gasteiger partial charge in [0.25, 0.3) is 0 Å². The van der Waals surface area contributed by atoms with Gasteiger partial charge in [-0.05, 0) is 51.7 Å². The zero-order chi connectivity index (χ0) is 30.4. The van der Waals surface area contributed by atoms with Crippen LogP contribution in [0.4, 0.5) is 34.6 Å². The lowest BCUT2D eigenvalue weighted by molar-refractivity contribution is -0.111. The predicted molar refractivity (Wildman–Crippen MR) is 167 cm³/mol. The maximum Gasteiger partial charge on any atom is 0.247 e. The van der Waals surface area contributed by atoms with E-state index in [-0.39, 0.29) is 17.8 Å². The molecule has 0 fully saturated rings. The van der Waals surface area contributed by atoms with Gasteiger partial charge in [0.15, 0.2) is 11.5 Å². The highest BCUT2D eigenvalue weighted by Crippen LogP contribution is 2.46. The fourth-order valence-electron chi connectivity index (χ4n) is 4.30. The molecule has 1 amide bonds. The predicted octanol–water partition coefficient (Wildman–Crippen LogP) is 3.51. The highest BCUT2D eigenvalue weighted by molar-refractivity contribution is 7.70. The number of nitrogens with zero attached hydrogens (tertiary/aromatic N) is 5. The molecule has 2 heterocycles. The van der Waals surface area contributed by atoms with Crippen molar-refractivity contribution in [1.82, 2.24) is 19.9 Å². The number of hydrogen-bond acceptors (Lipinski definition) is 12. The molecule has 0 atom stereocenters. The third kappa shape index (κ3) is 7.29. The van der Waals surface area contributed by atoms with E-state index in [9.17, 15) is 9.36 Å². The summed E-state index contributed by atoms with van der Waals surface area (Å²) in [5.74, 6) is 1.61. The Morgan fingerprint density at radius 1 is 1.05 bits per heavy atom. The highest BCUT2D eigenvalue weighted by Gasteiger charge is 2.28. The van der Waals surface area contributed by atoms with Crippen LogP contribution in [0.25, 0.3) is 0 Å². The van der Waals surface area contributed by atoms with Crippen LogP contribution in [-0.2, 0) is 9.36 Å². The molecule has 0 spiro atoms. The number of anilines is 6. The van der Waals surface area contributed by atoms with E-state index in [1.54, 1.807) is 38.6 Å². The second-order valence-corrected chi connectivity index (χ2v) is 13.4. The molecule has 13 nitrogen and oxygen atoms in total. The Morgan fingerprint density at radius 3 is 2.38 bits per heavy atom. The number of benzene rings is 2. The van der Waals surface area contributed by atoms with Crippen molar-refractivity contribution < 1.29 is 23.6 Å². The number of fused-ring (bicyclic) bond motifs is 1. The normalized spacial score (nSPS) is 12.5. The molecule has 42 heavy (non-hydrogen) atoms. The first kappa shape index (κ1) is 30.6. The van der Waals surface area contributed by atoms with Crippen molar-refractivity contribution in [2.45, 2.75) is 0 Å². The maximum absolute atomic E-state index is 13.3. The van der Waals surface area contributed by atoms with Gasteiger partial charge in [0.05, 0.1) is 35.2 Å². The van der Waals surface area contributed by atoms with Crippen molar-refractivity contribution in [3.05, 3.63) is 43.2 Å². The number of amides is 1. The van der Waals surface area contributed by atoms with Crippen molar-refractivity contribution in [3.8, 4) is 17.2 Å². The van der Waals surface area contributed by atoms with Gasteiger partial charge in [-0.25, -0.2) is 9.97 Å². The first-order valence-corrected chi connectivity index (χ1v) is 15.8.